The minimum Gasteiger partial charge on any atom is -0.390 e. The Bertz CT molecular complexity index is 1100. The molecule has 0 aliphatic carbocycles. The number of thiophene rings is 1. The van der Waals surface area contributed by atoms with Crippen LogP contribution in [-0.2, 0) is 22.7 Å². The molecular weight excluding hydrogens is 426 g/mol. The third-order valence-corrected chi connectivity index (χ3v) is 6.49. The molecule has 4 rings (SSSR count). The van der Waals surface area contributed by atoms with Gasteiger partial charge in [0.15, 0.2) is 12.2 Å². The van der Waals surface area contributed by atoms with E-state index in [1.54, 1.807) is 6.92 Å². The second-order valence-corrected chi connectivity index (χ2v) is 8.85. The molecule has 0 unspecified atom stereocenters. The Morgan fingerprint density at radius 2 is 1.62 bits per heavy atom. The number of aliphatic hydroxyl groups is 2. The number of aliphatic hydroxyl groups excluding tert-OH is 2. The van der Waals surface area contributed by atoms with Crippen molar-refractivity contribution in [3.63, 3.8) is 0 Å². The third kappa shape index (κ3) is 4.38. The van der Waals surface area contributed by atoms with Gasteiger partial charge in [0.05, 0.1) is 11.0 Å². The average molecular weight is 452 g/mol. The Morgan fingerprint density at radius 3 is 2.19 bits per heavy atom. The van der Waals surface area contributed by atoms with Crippen LogP contribution in [0.25, 0.3) is 11.1 Å². The van der Waals surface area contributed by atoms with Crippen molar-refractivity contribution in [1.82, 2.24) is 10.2 Å². The van der Waals surface area contributed by atoms with Crippen LogP contribution in [0.5, 0.6) is 0 Å². The van der Waals surface area contributed by atoms with Crippen molar-refractivity contribution in [2.24, 2.45) is 0 Å². The van der Waals surface area contributed by atoms with Gasteiger partial charge in [0.25, 0.3) is 11.8 Å². The van der Waals surface area contributed by atoms with E-state index in [0.717, 1.165) is 32.8 Å². The predicted octanol–water partition coefficient (Wildman–Crippen LogP) is 2.44. The van der Waals surface area contributed by atoms with Crippen LogP contribution in [0.15, 0.2) is 60.0 Å². The molecule has 1 aliphatic rings. The summed E-state index contributed by atoms with van der Waals surface area (Å²) in [5, 5.41) is 26.0. The lowest BCUT2D eigenvalue weighted by molar-refractivity contribution is -0.153. The predicted molar refractivity (Wildman–Crippen MR) is 123 cm³/mol. The van der Waals surface area contributed by atoms with Crippen molar-refractivity contribution in [1.29, 1.82) is 0 Å². The Hall–Kier alpha value is -3.20. The van der Waals surface area contributed by atoms with Gasteiger partial charge in [0.1, 0.15) is 0 Å². The Kier molecular flexibility index (Phi) is 6.27. The van der Waals surface area contributed by atoms with Crippen LogP contribution in [0.4, 0.5) is 5.00 Å². The van der Waals surface area contributed by atoms with Gasteiger partial charge in [-0.15, -0.1) is 11.3 Å². The minimum atomic E-state index is -1.86. The normalized spacial score (nSPS) is 15.7. The monoisotopic (exact) mass is 451 g/mol. The third-order valence-electron chi connectivity index (χ3n) is 5.75. The highest BCUT2D eigenvalue weighted by Gasteiger charge is 2.35. The van der Waals surface area contributed by atoms with Gasteiger partial charge in [-0.1, -0.05) is 48.5 Å². The lowest BCUT2D eigenvalue weighted by Crippen LogP contribution is -2.50. The van der Waals surface area contributed by atoms with Crippen molar-refractivity contribution in [2.45, 2.75) is 38.3 Å². The number of carbonyl (C=O) groups is 2. The SMILES string of the molecule is C[C@@H](NC(=O)[C@H](O)[C@@H](O)C(=O)N1Cc2ccccc2C1)c1ccc(-c2ccsc2N)cc1. The van der Waals surface area contributed by atoms with Crippen molar-refractivity contribution in [3.05, 3.63) is 76.7 Å². The van der Waals surface area contributed by atoms with Gasteiger partial charge in [0.2, 0.25) is 0 Å². The molecule has 3 aromatic rings. The fraction of sp³-hybridized carbons (Fsp3) is 0.250. The Balaban J connectivity index is 1.35. The van der Waals surface area contributed by atoms with Crippen LogP contribution in [0, 0.1) is 0 Å². The Morgan fingerprint density at radius 1 is 1.00 bits per heavy atom. The van der Waals surface area contributed by atoms with Gasteiger partial charge in [-0.05, 0) is 40.6 Å². The summed E-state index contributed by atoms with van der Waals surface area (Å²) in [4.78, 5) is 26.6. The standard InChI is InChI=1S/C24H25N3O4S/c1-14(15-6-8-16(9-7-15)19-10-11-32-22(19)25)26-23(30)20(28)21(29)24(31)27-12-17-4-2-3-5-18(17)13-27/h2-11,14,20-21,28-29H,12-13,25H2,1H3,(H,26,30)/t14-,20-,21-/m1/s1. The quantitative estimate of drug-likeness (QED) is 0.459. The minimum absolute atomic E-state index is 0.345. The van der Waals surface area contributed by atoms with E-state index in [4.69, 9.17) is 5.73 Å². The molecule has 5 N–H and O–H groups in total. The molecule has 2 amide bonds. The summed E-state index contributed by atoms with van der Waals surface area (Å²) in [6.45, 7) is 2.46. The van der Waals surface area contributed by atoms with Crippen LogP contribution in [0.1, 0.15) is 29.7 Å². The lowest BCUT2D eigenvalue weighted by Gasteiger charge is -2.24. The highest BCUT2D eigenvalue weighted by atomic mass is 32.1. The van der Waals surface area contributed by atoms with Crippen LogP contribution in [0.3, 0.4) is 0 Å². The zero-order chi connectivity index (χ0) is 22.8. The maximum absolute atomic E-state index is 12.6. The number of nitrogens with two attached hydrogens (primary N) is 1. The summed E-state index contributed by atoms with van der Waals surface area (Å²) in [5.74, 6) is -1.48. The first-order valence-corrected chi connectivity index (χ1v) is 11.2. The van der Waals surface area contributed by atoms with Crippen LogP contribution in [-0.4, -0.2) is 39.1 Å². The summed E-state index contributed by atoms with van der Waals surface area (Å²) < 4.78 is 0. The first-order valence-electron chi connectivity index (χ1n) is 10.3. The second-order valence-electron chi connectivity index (χ2n) is 7.90. The van der Waals surface area contributed by atoms with Gasteiger partial charge >= 0.3 is 0 Å². The number of hydrogen-bond donors (Lipinski definition) is 4. The number of nitrogens with zero attached hydrogens (tertiary/aromatic N) is 1. The number of nitrogen functional groups attached to an aromatic ring is 1. The molecule has 166 valence electrons. The first kappa shape index (κ1) is 22.0. The van der Waals surface area contributed by atoms with E-state index < -0.39 is 30.1 Å². The van der Waals surface area contributed by atoms with E-state index in [1.807, 2.05) is 60.0 Å². The molecule has 1 aliphatic heterocycles. The molecular formula is C24H25N3O4S. The molecule has 2 aromatic carbocycles. The van der Waals surface area contributed by atoms with Crippen molar-refractivity contribution >= 4 is 28.2 Å². The number of amides is 2. The van der Waals surface area contributed by atoms with E-state index >= 15 is 0 Å². The number of benzene rings is 2. The van der Waals surface area contributed by atoms with Crippen molar-refractivity contribution < 1.29 is 19.8 Å². The van der Waals surface area contributed by atoms with Crippen LogP contribution in [0.2, 0.25) is 0 Å². The van der Waals surface area contributed by atoms with Crippen LogP contribution < -0.4 is 11.1 Å². The zero-order valence-corrected chi connectivity index (χ0v) is 18.4. The number of anilines is 1. The van der Waals surface area contributed by atoms with Gasteiger partial charge in [-0.3, -0.25) is 9.59 Å². The molecule has 0 radical (unpaired) electrons. The highest BCUT2D eigenvalue weighted by Crippen LogP contribution is 2.31. The lowest BCUT2D eigenvalue weighted by atomic mass is 10.0. The number of hydrogen-bond acceptors (Lipinski definition) is 6. The van der Waals surface area contributed by atoms with Gasteiger partial charge in [0, 0.05) is 18.7 Å². The summed E-state index contributed by atoms with van der Waals surface area (Å²) in [5.41, 5.74) is 10.7. The molecule has 32 heavy (non-hydrogen) atoms. The fourth-order valence-corrected chi connectivity index (χ4v) is 4.51. The highest BCUT2D eigenvalue weighted by molar-refractivity contribution is 7.14. The number of nitrogens with one attached hydrogen (secondary N) is 1. The first-order chi connectivity index (χ1) is 15.3. The summed E-state index contributed by atoms with van der Waals surface area (Å²) in [6.07, 6.45) is -3.70. The summed E-state index contributed by atoms with van der Waals surface area (Å²) in [6, 6.07) is 16.7. The van der Waals surface area contributed by atoms with E-state index in [-0.39, 0.29) is 0 Å². The molecule has 0 saturated heterocycles. The molecule has 1 aromatic heterocycles. The molecule has 7 nitrogen and oxygen atoms in total. The molecule has 0 fully saturated rings. The average Bonchev–Trinajstić information content (AvgIpc) is 3.43. The molecule has 0 saturated carbocycles. The van der Waals surface area contributed by atoms with Gasteiger partial charge < -0.3 is 26.2 Å². The summed E-state index contributed by atoms with van der Waals surface area (Å²) >= 11 is 1.47. The van der Waals surface area contributed by atoms with Crippen molar-refractivity contribution in [2.75, 3.05) is 5.73 Å². The largest absolute Gasteiger partial charge is 0.390 e. The summed E-state index contributed by atoms with van der Waals surface area (Å²) in [7, 11) is 0. The number of carbonyl (C=O) groups excluding carboxylic acids is 2. The van der Waals surface area contributed by atoms with E-state index in [0.29, 0.717) is 13.1 Å². The molecule has 2 heterocycles. The smallest absolute Gasteiger partial charge is 0.255 e. The molecule has 8 heteroatoms. The van der Waals surface area contributed by atoms with E-state index in [1.165, 1.54) is 16.2 Å². The maximum atomic E-state index is 12.6. The van der Waals surface area contributed by atoms with Crippen molar-refractivity contribution in [3.8, 4) is 11.1 Å². The van der Waals surface area contributed by atoms with Crippen LogP contribution >= 0.6 is 11.3 Å². The molecule has 0 bridgehead atoms. The van der Waals surface area contributed by atoms with E-state index in [2.05, 4.69) is 5.32 Å². The van der Waals surface area contributed by atoms with Gasteiger partial charge in [-0.2, -0.15) is 0 Å². The fourth-order valence-electron chi connectivity index (χ4n) is 3.85. The Labute approximate surface area is 190 Å². The molecule has 3 atom stereocenters. The molecule has 0 spiro atoms. The topological polar surface area (TPSA) is 116 Å². The van der Waals surface area contributed by atoms with E-state index in [9.17, 15) is 19.8 Å². The van der Waals surface area contributed by atoms with Gasteiger partial charge in [-0.25, -0.2) is 0 Å². The number of fused-ring (bicyclic) bond motifs is 1. The number of rotatable bonds is 6. The zero-order valence-electron chi connectivity index (χ0n) is 17.6. The maximum Gasteiger partial charge on any atom is 0.255 e. The second kappa shape index (κ2) is 9.12.